The molecule has 0 aromatic heterocycles. The number of aliphatic imine (C=N–C) groups is 1. The summed E-state index contributed by atoms with van der Waals surface area (Å²) in [7, 11) is 4.10. The van der Waals surface area contributed by atoms with Crippen LogP contribution in [0.2, 0.25) is 0 Å². The van der Waals surface area contributed by atoms with Crippen molar-refractivity contribution in [3.8, 4) is 0 Å². The Morgan fingerprint density at radius 1 is 1.08 bits per heavy atom. The van der Waals surface area contributed by atoms with E-state index < -0.39 is 0 Å². The molecule has 0 aromatic rings. The number of nitrogens with one attached hydrogen (secondary N) is 2. The summed E-state index contributed by atoms with van der Waals surface area (Å²) in [5, 5.41) is 7.02. The molecule has 0 amide bonds. The molecule has 1 aliphatic carbocycles. The molecule has 2 rings (SSSR count). The molecular weight excluding hydrogens is 413 g/mol. The van der Waals surface area contributed by atoms with Gasteiger partial charge in [0.25, 0.3) is 0 Å². The third-order valence-corrected chi connectivity index (χ3v) is 5.77. The predicted octanol–water partition coefficient (Wildman–Crippen LogP) is 2.38. The van der Waals surface area contributed by atoms with E-state index in [4.69, 9.17) is 0 Å². The molecule has 1 saturated heterocycles. The van der Waals surface area contributed by atoms with Crippen molar-refractivity contribution in [2.45, 2.75) is 45.4 Å². The fraction of sp³-hybridized carbons (Fsp3) is 0.944. The van der Waals surface area contributed by atoms with Crippen molar-refractivity contribution in [2.75, 3.05) is 59.9 Å². The summed E-state index contributed by atoms with van der Waals surface area (Å²) < 4.78 is 0. The number of hydrogen-bond donors (Lipinski definition) is 2. The van der Waals surface area contributed by atoms with E-state index in [1.54, 1.807) is 0 Å². The fourth-order valence-corrected chi connectivity index (χ4v) is 3.66. The van der Waals surface area contributed by atoms with Gasteiger partial charge in [0.15, 0.2) is 5.96 Å². The molecular formula is C18H38IN5. The van der Waals surface area contributed by atoms with E-state index in [-0.39, 0.29) is 24.0 Å². The van der Waals surface area contributed by atoms with Crippen LogP contribution in [0.3, 0.4) is 0 Å². The maximum Gasteiger partial charge on any atom is 0.190 e. The molecule has 0 atom stereocenters. The van der Waals surface area contributed by atoms with Gasteiger partial charge in [-0.05, 0) is 64.2 Å². The van der Waals surface area contributed by atoms with E-state index in [1.807, 2.05) is 7.05 Å². The summed E-state index contributed by atoms with van der Waals surface area (Å²) in [5.74, 6) is 0.973. The molecule has 6 heteroatoms. The van der Waals surface area contributed by atoms with E-state index in [0.717, 1.165) is 19.0 Å². The van der Waals surface area contributed by atoms with Crippen LogP contribution >= 0.6 is 24.0 Å². The molecule has 0 spiro atoms. The molecule has 0 unspecified atom stereocenters. The van der Waals surface area contributed by atoms with Gasteiger partial charge in [-0.1, -0.05) is 13.3 Å². The topological polar surface area (TPSA) is 42.9 Å². The highest BCUT2D eigenvalue weighted by Gasteiger charge is 2.34. The van der Waals surface area contributed by atoms with Crippen molar-refractivity contribution in [3.63, 3.8) is 0 Å². The van der Waals surface area contributed by atoms with Crippen LogP contribution < -0.4 is 10.6 Å². The molecule has 1 aliphatic heterocycles. The number of rotatable bonds is 7. The molecule has 1 heterocycles. The van der Waals surface area contributed by atoms with Gasteiger partial charge in [-0.15, -0.1) is 24.0 Å². The zero-order chi connectivity index (χ0) is 16.5. The number of guanidine groups is 1. The van der Waals surface area contributed by atoms with Crippen molar-refractivity contribution in [1.82, 2.24) is 20.4 Å². The molecule has 1 saturated carbocycles. The van der Waals surface area contributed by atoms with E-state index in [9.17, 15) is 0 Å². The molecule has 2 aliphatic rings. The lowest BCUT2D eigenvalue weighted by Crippen LogP contribution is -2.46. The quantitative estimate of drug-likeness (QED) is 0.270. The van der Waals surface area contributed by atoms with Gasteiger partial charge in [0, 0.05) is 33.2 Å². The Bertz CT molecular complexity index is 365. The minimum Gasteiger partial charge on any atom is -0.356 e. The summed E-state index contributed by atoms with van der Waals surface area (Å²) in [4.78, 5) is 9.40. The standard InChI is InChI=1S/C18H37N5.HI/c1-4-18(8-5-9-18)16-21-17(19-2)20-10-6-12-23-13-7-11-22(3)14-15-23;/h4-16H2,1-3H3,(H2,19,20,21);1H. The van der Waals surface area contributed by atoms with Gasteiger partial charge in [-0.3, -0.25) is 4.99 Å². The normalized spacial score (nSPS) is 22.2. The van der Waals surface area contributed by atoms with Crippen LogP contribution in [-0.4, -0.2) is 75.7 Å². The van der Waals surface area contributed by atoms with Gasteiger partial charge < -0.3 is 20.4 Å². The average molecular weight is 451 g/mol. The zero-order valence-electron chi connectivity index (χ0n) is 15.9. The summed E-state index contributed by atoms with van der Waals surface area (Å²) in [6, 6.07) is 0. The highest BCUT2D eigenvalue weighted by Crippen LogP contribution is 2.42. The van der Waals surface area contributed by atoms with Gasteiger partial charge in [-0.25, -0.2) is 0 Å². The second kappa shape index (κ2) is 11.5. The Hall–Kier alpha value is -0.0800. The monoisotopic (exact) mass is 451 g/mol. The maximum absolute atomic E-state index is 4.37. The Labute approximate surface area is 166 Å². The summed E-state index contributed by atoms with van der Waals surface area (Å²) >= 11 is 0. The molecule has 142 valence electrons. The molecule has 2 N–H and O–H groups in total. The van der Waals surface area contributed by atoms with Crippen LogP contribution in [0.15, 0.2) is 4.99 Å². The number of nitrogens with zero attached hydrogens (tertiary/aromatic N) is 3. The lowest BCUT2D eigenvalue weighted by molar-refractivity contribution is 0.131. The van der Waals surface area contributed by atoms with Crippen molar-refractivity contribution < 1.29 is 0 Å². The van der Waals surface area contributed by atoms with Gasteiger partial charge in [0.2, 0.25) is 0 Å². The molecule has 0 aromatic carbocycles. The first kappa shape index (κ1) is 22.0. The Morgan fingerprint density at radius 2 is 1.88 bits per heavy atom. The van der Waals surface area contributed by atoms with Gasteiger partial charge >= 0.3 is 0 Å². The minimum absolute atomic E-state index is 0. The predicted molar refractivity (Wildman–Crippen MR) is 115 cm³/mol. The van der Waals surface area contributed by atoms with Crippen LogP contribution in [0.4, 0.5) is 0 Å². The molecule has 0 bridgehead atoms. The summed E-state index contributed by atoms with van der Waals surface area (Å²) in [5.41, 5.74) is 0.537. The second-order valence-electron chi connectivity index (χ2n) is 7.41. The first-order valence-electron chi connectivity index (χ1n) is 9.53. The maximum atomic E-state index is 4.37. The highest BCUT2D eigenvalue weighted by molar-refractivity contribution is 14.0. The van der Waals surface area contributed by atoms with E-state index in [0.29, 0.717) is 5.41 Å². The van der Waals surface area contributed by atoms with Gasteiger partial charge in [-0.2, -0.15) is 0 Å². The Kier molecular flexibility index (Phi) is 10.5. The van der Waals surface area contributed by atoms with Crippen LogP contribution in [-0.2, 0) is 0 Å². The Balaban J connectivity index is 0.00000288. The largest absolute Gasteiger partial charge is 0.356 e. The number of hydrogen-bond acceptors (Lipinski definition) is 3. The Morgan fingerprint density at radius 3 is 2.50 bits per heavy atom. The fourth-order valence-electron chi connectivity index (χ4n) is 3.66. The number of halogens is 1. The number of likely N-dealkylation sites (N-methyl/N-ethyl adjacent to an activating group) is 1. The third-order valence-electron chi connectivity index (χ3n) is 5.77. The van der Waals surface area contributed by atoms with Crippen LogP contribution in [0.25, 0.3) is 0 Å². The average Bonchev–Trinajstić information content (AvgIpc) is 2.73. The van der Waals surface area contributed by atoms with E-state index in [1.165, 1.54) is 71.2 Å². The van der Waals surface area contributed by atoms with Crippen molar-refractivity contribution in [2.24, 2.45) is 10.4 Å². The second-order valence-corrected chi connectivity index (χ2v) is 7.41. The van der Waals surface area contributed by atoms with Crippen molar-refractivity contribution in [3.05, 3.63) is 0 Å². The zero-order valence-corrected chi connectivity index (χ0v) is 18.3. The van der Waals surface area contributed by atoms with E-state index in [2.05, 4.69) is 39.4 Å². The SMILES string of the molecule is CCC1(CNC(=NC)NCCCN2CCCN(C)CC2)CCC1.I. The molecule has 5 nitrogen and oxygen atoms in total. The van der Waals surface area contributed by atoms with Crippen LogP contribution in [0.1, 0.15) is 45.4 Å². The first-order valence-corrected chi connectivity index (χ1v) is 9.53. The van der Waals surface area contributed by atoms with Crippen molar-refractivity contribution >= 4 is 29.9 Å². The summed E-state index contributed by atoms with van der Waals surface area (Å²) in [6.45, 7) is 10.5. The lowest BCUT2D eigenvalue weighted by Gasteiger charge is -2.41. The molecule has 24 heavy (non-hydrogen) atoms. The molecule has 2 fully saturated rings. The van der Waals surface area contributed by atoms with Gasteiger partial charge in [0.05, 0.1) is 0 Å². The lowest BCUT2D eigenvalue weighted by atomic mass is 9.67. The van der Waals surface area contributed by atoms with Gasteiger partial charge in [0.1, 0.15) is 0 Å². The van der Waals surface area contributed by atoms with Crippen LogP contribution in [0, 0.1) is 5.41 Å². The van der Waals surface area contributed by atoms with E-state index >= 15 is 0 Å². The molecule has 0 radical (unpaired) electrons. The van der Waals surface area contributed by atoms with Crippen LogP contribution in [0.5, 0.6) is 0 Å². The third kappa shape index (κ3) is 7.04. The smallest absolute Gasteiger partial charge is 0.190 e. The summed E-state index contributed by atoms with van der Waals surface area (Å²) in [6.07, 6.45) is 7.90. The first-order chi connectivity index (χ1) is 11.2. The minimum atomic E-state index is 0. The highest BCUT2D eigenvalue weighted by atomic mass is 127. The van der Waals surface area contributed by atoms with Crippen molar-refractivity contribution in [1.29, 1.82) is 0 Å².